The first kappa shape index (κ1) is 24.0. The van der Waals surface area contributed by atoms with E-state index in [4.69, 9.17) is 25.8 Å². The van der Waals surface area contributed by atoms with Crippen molar-refractivity contribution in [2.75, 3.05) is 47.6 Å². The summed E-state index contributed by atoms with van der Waals surface area (Å²) in [5, 5.41) is 10.2. The molecule has 1 heterocycles. The summed E-state index contributed by atoms with van der Waals surface area (Å²) in [6, 6.07) is 16.1. The number of ether oxygens (including phenoxy) is 3. The summed E-state index contributed by atoms with van der Waals surface area (Å²) in [6.45, 7) is 5.18. The number of aryl methyl sites for hydroxylation is 1. The normalized spacial score (nSPS) is 15.5. The van der Waals surface area contributed by atoms with Crippen molar-refractivity contribution in [3.63, 3.8) is 0 Å². The van der Waals surface area contributed by atoms with Crippen molar-refractivity contribution in [3.8, 4) is 17.6 Å². The summed E-state index contributed by atoms with van der Waals surface area (Å²) in [5.41, 5.74) is 1.86. The van der Waals surface area contributed by atoms with Crippen molar-refractivity contribution in [1.82, 2.24) is 4.90 Å². The van der Waals surface area contributed by atoms with E-state index in [1.54, 1.807) is 14.2 Å². The molecular weight excluding hydrogens is 400 g/mol. The van der Waals surface area contributed by atoms with Gasteiger partial charge < -0.3 is 19.1 Å². The lowest BCUT2D eigenvalue weighted by atomic mass is 9.74. The highest BCUT2D eigenvalue weighted by atomic mass is 35.5. The van der Waals surface area contributed by atoms with E-state index in [2.05, 4.69) is 24.9 Å². The van der Waals surface area contributed by atoms with Crippen molar-refractivity contribution in [2.45, 2.75) is 25.2 Å². The number of benzene rings is 2. The van der Waals surface area contributed by atoms with Gasteiger partial charge in [-0.1, -0.05) is 35.4 Å². The van der Waals surface area contributed by atoms with Gasteiger partial charge in [-0.15, -0.1) is 0 Å². The van der Waals surface area contributed by atoms with Crippen LogP contribution in [0.4, 0.5) is 0 Å². The average molecular weight is 431 g/mol. The minimum Gasteiger partial charge on any atom is -0.495 e. The van der Waals surface area contributed by atoms with Crippen molar-refractivity contribution in [3.05, 3.63) is 58.6 Å². The molecule has 1 fully saturated rings. The molecule has 0 radical (unpaired) electrons. The van der Waals surface area contributed by atoms with Crippen molar-refractivity contribution in [1.29, 1.82) is 5.26 Å². The fraction of sp³-hybridized carbons (Fsp3) is 0.458. The number of hydrogen-bond acceptors (Lipinski definition) is 5. The first-order chi connectivity index (χ1) is 14.4. The van der Waals surface area contributed by atoms with Crippen LogP contribution in [0.5, 0.6) is 11.5 Å². The van der Waals surface area contributed by atoms with Crippen molar-refractivity contribution in [2.24, 2.45) is 0 Å². The van der Waals surface area contributed by atoms with Gasteiger partial charge in [0, 0.05) is 7.11 Å². The molecule has 1 aliphatic rings. The highest BCUT2D eigenvalue weighted by molar-refractivity contribution is 6.32. The quantitative estimate of drug-likeness (QED) is 0.613. The summed E-state index contributed by atoms with van der Waals surface area (Å²) in [7, 11) is 5.35. The zero-order chi connectivity index (χ0) is 22.0. The molecular formula is C24H31ClN2O3. The Morgan fingerprint density at radius 2 is 1.73 bits per heavy atom. The zero-order valence-corrected chi connectivity index (χ0v) is 19.0. The van der Waals surface area contributed by atoms with E-state index in [9.17, 15) is 5.26 Å². The third-order valence-electron chi connectivity index (χ3n) is 5.34. The van der Waals surface area contributed by atoms with E-state index in [1.165, 1.54) is 5.56 Å². The maximum Gasteiger partial charge on any atom is 0.137 e. The second-order valence-corrected chi connectivity index (χ2v) is 7.91. The number of nitrogens with zero attached hydrogens (tertiary/aromatic N) is 2. The number of halogens is 1. The molecule has 0 aromatic heterocycles. The topological polar surface area (TPSA) is 54.7 Å². The Labute approximate surface area is 185 Å². The first-order valence-electron chi connectivity index (χ1n) is 10.1. The van der Waals surface area contributed by atoms with Crippen LogP contribution >= 0.6 is 11.6 Å². The Morgan fingerprint density at radius 1 is 1.07 bits per heavy atom. The summed E-state index contributed by atoms with van der Waals surface area (Å²) in [4.78, 5) is 2.25. The molecule has 0 bridgehead atoms. The molecule has 0 atom stereocenters. The minimum absolute atomic E-state index is 0.398. The van der Waals surface area contributed by atoms with Crippen LogP contribution in [0.15, 0.2) is 42.5 Å². The van der Waals surface area contributed by atoms with Gasteiger partial charge in [0.05, 0.1) is 30.2 Å². The van der Waals surface area contributed by atoms with Gasteiger partial charge >= 0.3 is 0 Å². The number of nitriles is 1. The molecule has 0 aliphatic carbocycles. The third kappa shape index (κ3) is 6.63. The second-order valence-electron chi connectivity index (χ2n) is 7.50. The molecule has 162 valence electrons. The number of methoxy groups -OCH3 is 2. The first-order valence-corrected chi connectivity index (χ1v) is 10.4. The van der Waals surface area contributed by atoms with E-state index in [0.717, 1.165) is 37.2 Å². The van der Waals surface area contributed by atoms with E-state index in [1.807, 2.05) is 42.5 Å². The average Bonchev–Trinajstić information content (AvgIpc) is 2.77. The van der Waals surface area contributed by atoms with Crippen molar-refractivity contribution < 1.29 is 14.2 Å². The maximum atomic E-state index is 9.57. The Hall–Kier alpha value is -2.26. The number of rotatable bonds is 6. The lowest BCUT2D eigenvalue weighted by Crippen LogP contribution is -2.39. The Bertz CT molecular complexity index is 825. The van der Waals surface area contributed by atoms with Crippen LogP contribution in [0.1, 0.15) is 24.0 Å². The Balaban J connectivity index is 0.000000232. The molecule has 0 spiro atoms. The molecule has 3 rings (SSSR count). The van der Waals surface area contributed by atoms with Crippen LogP contribution in [0, 0.1) is 18.3 Å². The lowest BCUT2D eigenvalue weighted by Gasteiger charge is -2.36. The molecule has 1 aliphatic heterocycles. The fourth-order valence-corrected chi connectivity index (χ4v) is 3.49. The number of piperidine rings is 1. The van der Waals surface area contributed by atoms with Gasteiger partial charge in [0.2, 0.25) is 0 Å². The van der Waals surface area contributed by atoms with Gasteiger partial charge in [0.1, 0.15) is 18.1 Å². The Kier molecular flexibility index (Phi) is 9.45. The molecule has 5 nitrogen and oxygen atoms in total. The van der Waals surface area contributed by atoms with Gasteiger partial charge in [-0.05, 0) is 69.7 Å². The number of likely N-dealkylation sites (tertiary alicyclic amines) is 1. The predicted molar refractivity (Wildman–Crippen MR) is 121 cm³/mol. The molecule has 2 aromatic rings. The van der Waals surface area contributed by atoms with Gasteiger partial charge in [-0.2, -0.15) is 5.26 Å². The van der Waals surface area contributed by atoms with Gasteiger partial charge in [0.25, 0.3) is 0 Å². The summed E-state index contributed by atoms with van der Waals surface area (Å²) in [6.07, 6.45) is 1.70. The van der Waals surface area contributed by atoms with Crippen LogP contribution in [-0.4, -0.2) is 52.5 Å². The third-order valence-corrected chi connectivity index (χ3v) is 5.65. The minimum atomic E-state index is -0.398. The summed E-state index contributed by atoms with van der Waals surface area (Å²) in [5.74, 6) is 1.54. The SMILES string of the molecule is COCCOc1ccc(C)cc1.COc1cc(C2(C#N)CCN(C)CC2)ccc1Cl. The van der Waals surface area contributed by atoms with Crippen LogP contribution < -0.4 is 9.47 Å². The highest BCUT2D eigenvalue weighted by Crippen LogP contribution is 2.38. The van der Waals surface area contributed by atoms with Crippen molar-refractivity contribution >= 4 is 11.6 Å². The van der Waals surface area contributed by atoms with Gasteiger partial charge in [0.15, 0.2) is 0 Å². The van der Waals surface area contributed by atoms with E-state index in [0.29, 0.717) is 24.0 Å². The predicted octanol–water partition coefficient (Wildman–Crippen LogP) is 4.86. The molecule has 6 heteroatoms. The van der Waals surface area contributed by atoms with E-state index < -0.39 is 5.41 Å². The largest absolute Gasteiger partial charge is 0.495 e. The standard InChI is InChI=1S/C14H17ClN2O.C10H14O2/c1-17-7-5-14(10-16,6-8-17)11-3-4-12(15)13(9-11)18-2;1-9-3-5-10(6-4-9)12-8-7-11-2/h3-4,9H,5-8H2,1-2H3;3-6H,7-8H2,1-2H3. The molecule has 1 saturated heterocycles. The van der Waals surface area contributed by atoms with E-state index >= 15 is 0 Å². The Morgan fingerprint density at radius 3 is 2.30 bits per heavy atom. The maximum absolute atomic E-state index is 9.57. The lowest BCUT2D eigenvalue weighted by molar-refractivity contribution is 0.146. The molecule has 0 N–H and O–H groups in total. The smallest absolute Gasteiger partial charge is 0.137 e. The van der Waals surface area contributed by atoms with Crippen LogP contribution in [0.3, 0.4) is 0 Å². The molecule has 2 aromatic carbocycles. The monoisotopic (exact) mass is 430 g/mol. The van der Waals surface area contributed by atoms with Crippen LogP contribution in [-0.2, 0) is 10.2 Å². The molecule has 0 amide bonds. The molecule has 0 unspecified atom stereocenters. The van der Waals surface area contributed by atoms with Crippen LogP contribution in [0.2, 0.25) is 5.02 Å². The zero-order valence-electron chi connectivity index (χ0n) is 18.3. The molecule has 0 saturated carbocycles. The van der Waals surface area contributed by atoms with Gasteiger partial charge in [-0.25, -0.2) is 0 Å². The molecule has 30 heavy (non-hydrogen) atoms. The van der Waals surface area contributed by atoms with Crippen LogP contribution in [0.25, 0.3) is 0 Å². The van der Waals surface area contributed by atoms with E-state index in [-0.39, 0.29) is 0 Å². The second kappa shape index (κ2) is 11.8. The fourth-order valence-electron chi connectivity index (χ4n) is 3.30. The summed E-state index contributed by atoms with van der Waals surface area (Å²) < 4.78 is 15.5. The van der Waals surface area contributed by atoms with Gasteiger partial charge in [-0.3, -0.25) is 0 Å². The number of hydrogen-bond donors (Lipinski definition) is 0. The highest BCUT2D eigenvalue weighted by Gasteiger charge is 2.36. The summed E-state index contributed by atoms with van der Waals surface area (Å²) >= 11 is 6.03.